The standard InChI is InChI=1S/C56H45BN2/c1-2-12-38(13-3-1)58-48-20-9-8-19-46(48)57-47-32-41-39-14-4-6-16-42(39)56(36-28-29-37(56)31-30-36)45(41)33-52(47)59(51-23-11-22-50(58)54(51)57)49-21-10-18-44-53(49)40-15-5-7-17-43(40)55(44)34-24-25-35(55)27-26-34/h1-23,32-37H,24-31H2. The van der Waals surface area contributed by atoms with Gasteiger partial charge in [0.05, 0.1) is 5.69 Å². The number of benzene rings is 7. The van der Waals surface area contributed by atoms with Crippen LogP contribution in [0.2, 0.25) is 0 Å². The van der Waals surface area contributed by atoms with Crippen LogP contribution in [0.4, 0.5) is 34.1 Å². The topological polar surface area (TPSA) is 6.48 Å². The molecule has 59 heavy (non-hydrogen) atoms. The normalized spacial score (nSPS) is 27.5. The van der Waals surface area contributed by atoms with E-state index in [1.165, 1.54) is 124 Å². The molecule has 0 radical (unpaired) electrons. The summed E-state index contributed by atoms with van der Waals surface area (Å²) in [7, 11) is 0. The lowest BCUT2D eigenvalue weighted by Crippen LogP contribution is -2.61. The first-order valence-electron chi connectivity index (χ1n) is 22.7. The summed E-state index contributed by atoms with van der Waals surface area (Å²) in [6.07, 6.45) is 10.8. The van der Waals surface area contributed by atoms with E-state index >= 15 is 0 Å². The number of hydrogen-bond acceptors (Lipinski definition) is 2. The van der Waals surface area contributed by atoms with Crippen LogP contribution in [0.5, 0.6) is 0 Å². The fraction of sp³-hybridized carbons (Fsp3) is 0.250. The van der Waals surface area contributed by atoms with Gasteiger partial charge >= 0.3 is 0 Å². The molecule has 2 heterocycles. The molecular weight excluding hydrogens is 711 g/mol. The Morgan fingerprint density at radius 1 is 0.373 bits per heavy atom. The number of nitrogens with zero attached hydrogens (tertiary/aromatic N) is 2. The molecule has 7 aromatic rings. The molecule has 0 saturated heterocycles. The molecule has 0 amide bonds. The van der Waals surface area contributed by atoms with Gasteiger partial charge in [0.2, 0.25) is 0 Å². The van der Waals surface area contributed by atoms with Crippen LogP contribution in [0, 0.1) is 23.7 Å². The molecule has 2 aliphatic heterocycles. The maximum absolute atomic E-state index is 2.78. The second-order valence-corrected chi connectivity index (χ2v) is 19.3. The van der Waals surface area contributed by atoms with Gasteiger partial charge in [0.15, 0.2) is 0 Å². The van der Waals surface area contributed by atoms with Crippen LogP contribution in [-0.4, -0.2) is 6.71 Å². The third-order valence-electron chi connectivity index (χ3n) is 17.6. The Kier molecular flexibility index (Phi) is 6.02. The van der Waals surface area contributed by atoms with Crippen LogP contribution in [0.15, 0.2) is 152 Å². The Morgan fingerprint density at radius 3 is 1.63 bits per heavy atom. The zero-order chi connectivity index (χ0) is 38.2. The van der Waals surface area contributed by atoms with Crippen LogP contribution in [0.3, 0.4) is 0 Å². The molecule has 3 heteroatoms. The summed E-state index contributed by atoms with van der Waals surface area (Å²) < 4.78 is 0. The summed E-state index contributed by atoms with van der Waals surface area (Å²) in [5.74, 6) is 2.87. The Hall–Kier alpha value is -5.80. The third-order valence-corrected chi connectivity index (χ3v) is 17.6. The SMILES string of the molecule is c1ccc(N2c3ccccc3B3c4cc5c(cc4N(c4cccc6c4-c4ccccc4C64C6CCC4CC6)c4cccc2c43)C2(c3ccccc3-5)C3CCC2CC3)cc1. The summed E-state index contributed by atoms with van der Waals surface area (Å²) in [5, 5.41) is 0. The zero-order valence-corrected chi connectivity index (χ0v) is 33.4. The van der Waals surface area contributed by atoms with Gasteiger partial charge in [-0.3, -0.25) is 0 Å². The molecule has 4 fully saturated rings. The van der Waals surface area contributed by atoms with E-state index in [1.54, 1.807) is 22.3 Å². The summed E-state index contributed by atoms with van der Waals surface area (Å²) >= 11 is 0. The zero-order valence-electron chi connectivity index (χ0n) is 33.4. The van der Waals surface area contributed by atoms with E-state index in [0.29, 0.717) is 11.8 Å². The maximum Gasteiger partial charge on any atom is 0.252 e. The third kappa shape index (κ3) is 3.60. The van der Waals surface area contributed by atoms with Crippen molar-refractivity contribution in [2.75, 3.05) is 9.80 Å². The molecule has 8 aliphatic rings. The van der Waals surface area contributed by atoms with Crippen molar-refractivity contribution in [2.24, 2.45) is 23.7 Å². The Bertz CT molecular complexity index is 2940. The largest absolute Gasteiger partial charge is 0.311 e. The average Bonchev–Trinajstić information content (AvgIpc) is 4.15. The molecule has 0 atom stereocenters. The van der Waals surface area contributed by atoms with Gasteiger partial charge in [-0.25, -0.2) is 0 Å². The van der Waals surface area contributed by atoms with Crippen LogP contribution in [-0.2, 0) is 10.8 Å². The van der Waals surface area contributed by atoms with Gasteiger partial charge in [-0.2, -0.15) is 0 Å². The summed E-state index contributed by atoms with van der Waals surface area (Å²) in [6, 6.07) is 59.6. The Labute approximate surface area is 347 Å². The molecular formula is C56H45BN2. The fourth-order valence-corrected chi connectivity index (χ4v) is 15.8. The Balaban J connectivity index is 1.07. The predicted octanol–water partition coefficient (Wildman–Crippen LogP) is 11.9. The molecule has 2 nitrogen and oxygen atoms in total. The van der Waals surface area contributed by atoms with Crippen molar-refractivity contribution >= 4 is 57.2 Å². The lowest BCUT2D eigenvalue weighted by molar-refractivity contribution is 0.400. The van der Waals surface area contributed by atoms with Gasteiger partial charge < -0.3 is 9.80 Å². The second-order valence-electron chi connectivity index (χ2n) is 19.3. The van der Waals surface area contributed by atoms with E-state index in [0.717, 1.165) is 11.8 Å². The highest BCUT2D eigenvalue weighted by molar-refractivity contribution is 7.00. The van der Waals surface area contributed by atoms with Crippen molar-refractivity contribution in [3.05, 3.63) is 174 Å². The first-order valence-corrected chi connectivity index (χ1v) is 22.7. The van der Waals surface area contributed by atoms with Crippen LogP contribution in [0.1, 0.15) is 73.6 Å². The first kappa shape index (κ1) is 32.1. The summed E-state index contributed by atoms with van der Waals surface area (Å²) in [5.41, 5.74) is 24.7. The van der Waals surface area contributed by atoms with Crippen LogP contribution in [0.25, 0.3) is 22.3 Å². The van der Waals surface area contributed by atoms with Crippen LogP contribution >= 0.6 is 0 Å². The minimum atomic E-state index is 0.110. The van der Waals surface area contributed by atoms with Gasteiger partial charge in [0, 0.05) is 44.8 Å². The number of para-hydroxylation sites is 2. The smallest absolute Gasteiger partial charge is 0.252 e. The Morgan fingerprint density at radius 2 is 0.898 bits per heavy atom. The van der Waals surface area contributed by atoms with Gasteiger partial charge in [-0.15, -0.1) is 0 Å². The molecule has 282 valence electrons. The highest BCUT2D eigenvalue weighted by atomic mass is 15.2. The molecule has 7 aromatic carbocycles. The monoisotopic (exact) mass is 756 g/mol. The van der Waals surface area contributed by atoms with Crippen LogP contribution < -0.4 is 26.2 Å². The molecule has 4 bridgehead atoms. The van der Waals surface area contributed by atoms with Crippen molar-refractivity contribution in [1.29, 1.82) is 0 Å². The van der Waals surface area contributed by atoms with Crippen molar-refractivity contribution in [1.82, 2.24) is 0 Å². The molecule has 2 spiro atoms. The molecule has 15 rings (SSSR count). The number of hydrogen-bond donors (Lipinski definition) is 0. The number of fused-ring (bicyclic) bond motifs is 10. The van der Waals surface area contributed by atoms with Crippen molar-refractivity contribution in [3.63, 3.8) is 0 Å². The second kappa shape index (κ2) is 11.1. The van der Waals surface area contributed by atoms with Gasteiger partial charge in [0.1, 0.15) is 0 Å². The molecule has 0 aromatic heterocycles. The molecule has 4 saturated carbocycles. The van der Waals surface area contributed by atoms with E-state index in [4.69, 9.17) is 0 Å². The predicted molar refractivity (Wildman–Crippen MR) is 244 cm³/mol. The summed E-state index contributed by atoms with van der Waals surface area (Å²) in [4.78, 5) is 5.32. The van der Waals surface area contributed by atoms with Crippen molar-refractivity contribution in [3.8, 4) is 22.3 Å². The highest BCUT2D eigenvalue weighted by Crippen LogP contribution is 2.70. The molecule has 0 unspecified atom stereocenters. The van der Waals surface area contributed by atoms with Gasteiger partial charge in [0.25, 0.3) is 6.71 Å². The van der Waals surface area contributed by atoms with Crippen molar-refractivity contribution in [2.45, 2.75) is 62.2 Å². The fourth-order valence-electron chi connectivity index (χ4n) is 15.8. The first-order chi connectivity index (χ1) is 29.3. The van der Waals surface area contributed by atoms with E-state index < -0.39 is 0 Å². The van der Waals surface area contributed by atoms with Gasteiger partial charge in [-0.05, 0) is 173 Å². The number of rotatable bonds is 2. The quantitative estimate of drug-likeness (QED) is 0.162. The lowest BCUT2D eigenvalue weighted by Gasteiger charge is -2.45. The molecule has 0 N–H and O–H groups in total. The molecule has 6 aliphatic carbocycles. The maximum atomic E-state index is 2.78. The minimum absolute atomic E-state index is 0.110. The van der Waals surface area contributed by atoms with E-state index in [2.05, 4.69) is 161 Å². The van der Waals surface area contributed by atoms with Gasteiger partial charge in [-0.1, -0.05) is 109 Å². The summed E-state index contributed by atoms with van der Waals surface area (Å²) in [6.45, 7) is 0.110. The number of anilines is 6. The van der Waals surface area contributed by atoms with E-state index in [-0.39, 0.29) is 17.5 Å². The minimum Gasteiger partial charge on any atom is -0.311 e. The lowest BCUT2D eigenvalue weighted by atomic mass is 9.33. The van der Waals surface area contributed by atoms with E-state index in [9.17, 15) is 0 Å². The highest BCUT2D eigenvalue weighted by Gasteiger charge is 2.62. The average molecular weight is 757 g/mol. The van der Waals surface area contributed by atoms with E-state index in [1.807, 2.05) is 0 Å². The van der Waals surface area contributed by atoms with Crippen molar-refractivity contribution < 1.29 is 0 Å².